The van der Waals surface area contributed by atoms with E-state index in [9.17, 15) is 26.4 Å². The Labute approximate surface area is 207 Å². The van der Waals surface area contributed by atoms with Gasteiger partial charge in [0.15, 0.2) is 9.88 Å². The van der Waals surface area contributed by atoms with E-state index in [0.717, 1.165) is 10.0 Å². The van der Waals surface area contributed by atoms with Crippen molar-refractivity contribution in [2.24, 2.45) is 0 Å². The molecule has 15 heteroatoms. The van der Waals surface area contributed by atoms with Gasteiger partial charge in [0.25, 0.3) is 5.91 Å². The van der Waals surface area contributed by atoms with Crippen molar-refractivity contribution in [3.8, 4) is 0 Å². The van der Waals surface area contributed by atoms with Gasteiger partial charge in [0.2, 0.25) is 10.0 Å². The van der Waals surface area contributed by atoms with Crippen LogP contribution in [0.4, 0.5) is 18.3 Å². The molecule has 2 fully saturated rings. The first kappa shape index (κ1) is 29.0. The standard InChI is InChI=1S/C19H29F3N4O5S2.ClH/c20-19(21,22)5-3-1-2-4-15-14-23-17(32-15)25-8-10-26(11-9-25)33(29,30)18(16(27)24-28)6-12-31-13-7-18;/h14,28H,1-13H2,(H,24,27);1H. The number of sulfonamides is 1. The summed E-state index contributed by atoms with van der Waals surface area (Å²) in [6.45, 7) is 1.37. The molecule has 1 aromatic heterocycles. The molecule has 0 unspecified atom stereocenters. The normalized spacial score (nSPS) is 19.5. The van der Waals surface area contributed by atoms with Crippen LogP contribution in [0, 0.1) is 0 Å². The third-order valence-corrected chi connectivity index (χ3v) is 9.83. The minimum atomic E-state index is -4.11. The largest absolute Gasteiger partial charge is 0.389 e. The second-order valence-corrected chi connectivity index (χ2v) is 11.6. The third-order valence-electron chi connectivity index (χ3n) is 6.08. The lowest BCUT2D eigenvalue weighted by Gasteiger charge is -2.41. The van der Waals surface area contributed by atoms with E-state index in [2.05, 4.69) is 4.98 Å². The summed E-state index contributed by atoms with van der Waals surface area (Å²) in [4.78, 5) is 19.7. The fourth-order valence-electron chi connectivity index (χ4n) is 4.13. The van der Waals surface area contributed by atoms with Crippen molar-refractivity contribution >= 4 is 44.8 Å². The molecule has 0 radical (unpaired) electrons. The van der Waals surface area contributed by atoms with Gasteiger partial charge in [-0.2, -0.15) is 17.5 Å². The second-order valence-electron chi connectivity index (χ2n) is 8.22. The number of alkyl halides is 3. The number of aromatic nitrogens is 1. The summed E-state index contributed by atoms with van der Waals surface area (Å²) in [5.74, 6) is -0.937. The van der Waals surface area contributed by atoms with Gasteiger partial charge in [-0.1, -0.05) is 6.42 Å². The van der Waals surface area contributed by atoms with Crippen LogP contribution in [-0.4, -0.2) is 79.1 Å². The lowest BCUT2D eigenvalue weighted by Crippen LogP contribution is -2.62. The van der Waals surface area contributed by atoms with Crippen molar-refractivity contribution in [2.75, 3.05) is 44.3 Å². The summed E-state index contributed by atoms with van der Waals surface area (Å²) < 4.78 is 68.1. The number of ether oxygens (including phenoxy) is 1. The average molecular weight is 551 g/mol. The van der Waals surface area contributed by atoms with Crippen LogP contribution >= 0.6 is 23.7 Å². The Balaban J connectivity index is 0.00000408. The first-order valence-corrected chi connectivity index (χ1v) is 13.1. The number of carbonyl (C=O) groups is 1. The number of halogens is 4. The first-order valence-electron chi connectivity index (χ1n) is 10.9. The van der Waals surface area contributed by atoms with Crippen molar-refractivity contribution in [1.29, 1.82) is 0 Å². The van der Waals surface area contributed by atoms with Crippen LogP contribution in [0.25, 0.3) is 0 Å². The summed E-state index contributed by atoms with van der Waals surface area (Å²) >= 11 is 1.46. The minimum Gasteiger partial charge on any atom is -0.381 e. The molecule has 0 spiro atoms. The number of hydrogen-bond acceptors (Lipinski definition) is 8. The average Bonchev–Trinajstić information content (AvgIpc) is 3.27. The van der Waals surface area contributed by atoms with Crippen LogP contribution in [-0.2, 0) is 26.0 Å². The number of rotatable bonds is 9. The number of piperazine rings is 1. The van der Waals surface area contributed by atoms with Crippen LogP contribution in [0.5, 0.6) is 0 Å². The Morgan fingerprint density at radius 3 is 2.41 bits per heavy atom. The lowest BCUT2D eigenvalue weighted by molar-refractivity contribution is -0.136. The maximum absolute atomic E-state index is 13.3. The highest BCUT2D eigenvalue weighted by Crippen LogP contribution is 2.34. The van der Waals surface area contributed by atoms with Gasteiger partial charge in [-0.05, 0) is 19.3 Å². The molecule has 2 N–H and O–H groups in total. The number of aryl methyl sites for hydroxylation is 1. The highest BCUT2D eigenvalue weighted by molar-refractivity contribution is 7.91. The number of carbonyl (C=O) groups excluding carboxylic acids is 1. The number of nitrogens with one attached hydrogen (secondary N) is 1. The summed E-state index contributed by atoms with van der Waals surface area (Å²) in [6.07, 6.45) is -1.28. The number of unbranched alkanes of at least 4 members (excludes halogenated alkanes) is 2. The second kappa shape index (κ2) is 12.2. The molecular weight excluding hydrogens is 521 g/mol. The van der Waals surface area contributed by atoms with Crippen LogP contribution < -0.4 is 10.4 Å². The third kappa shape index (κ3) is 6.72. The molecule has 0 atom stereocenters. The van der Waals surface area contributed by atoms with Crippen molar-refractivity contribution in [3.05, 3.63) is 11.1 Å². The lowest BCUT2D eigenvalue weighted by atomic mass is 9.98. The highest BCUT2D eigenvalue weighted by atomic mass is 35.5. The van der Waals surface area contributed by atoms with E-state index in [0.29, 0.717) is 32.4 Å². The molecule has 3 heterocycles. The smallest absolute Gasteiger partial charge is 0.381 e. The molecule has 2 aliphatic heterocycles. The monoisotopic (exact) mass is 550 g/mol. The fourth-order valence-corrected chi connectivity index (χ4v) is 7.24. The Hall–Kier alpha value is -1.19. The summed E-state index contributed by atoms with van der Waals surface area (Å²) in [6, 6.07) is 0. The molecule has 1 amide bonds. The van der Waals surface area contributed by atoms with Crippen LogP contribution in [0.15, 0.2) is 6.20 Å². The van der Waals surface area contributed by atoms with Gasteiger partial charge in [0.1, 0.15) is 0 Å². The van der Waals surface area contributed by atoms with Gasteiger partial charge in [-0.15, -0.1) is 23.7 Å². The van der Waals surface area contributed by atoms with Gasteiger partial charge < -0.3 is 9.64 Å². The maximum Gasteiger partial charge on any atom is 0.389 e. The van der Waals surface area contributed by atoms with E-state index in [1.54, 1.807) is 6.20 Å². The molecular formula is C19H30ClF3N4O5S2. The number of hydrogen-bond donors (Lipinski definition) is 2. The molecule has 3 rings (SSSR count). The number of hydroxylamine groups is 1. The molecule has 9 nitrogen and oxygen atoms in total. The minimum absolute atomic E-state index is 0. The molecule has 1 aromatic rings. The molecule has 0 bridgehead atoms. The Morgan fingerprint density at radius 1 is 1.18 bits per heavy atom. The zero-order valence-corrected chi connectivity index (χ0v) is 21.0. The van der Waals surface area contributed by atoms with E-state index in [-0.39, 0.29) is 58.0 Å². The molecule has 0 aliphatic carbocycles. The van der Waals surface area contributed by atoms with Gasteiger partial charge >= 0.3 is 6.18 Å². The number of nitrogens with zero attached hydrogens (tertiary/aromatic N) is 3. The van der Waals surface area contributed by atoms with E-state index in [1.165, 1.54) is 21.1 Å². The number of thiazole rings is 1. The Morgan fingerprint density at radius 2 is 1.82 bits per heavy atom. The van der Waals surface area contributed by atoms with E-state index in [4.69, 9.17) is 9.94 Å². The van der Waals surface area contributed by atoms with Crippen molar-refractivity contribution in [2.45, 2.75) is 55.9 Å². The molecule has 34 heavy (non-hydrogen) atoms. The quantitative estimate of drug-likeness (QED) is 0.276. The predicted molar refractivity (Wildman–Crippen MR) is 123 cm³/mol. The first-order chi connectivity index (χ1) is 15.6. The van der Waals surface area contributed by atoms with Crippen molar-refractivity contribution in [1.82, 2.24) is 14.8 Å². The Kier molecular flexibility index (Phi) is 10.4. The van der Waals surface area contributed by atoms with Crippen molar-refractivity contribution in [3.63, 3.8) is 0 Å². The molecule has 0 saturated carbocycles. The zero-order valence-electron chi connectivity index (χ0n) is 18.6. The van der Waals surface area contributed by atoms with Crippen molar-refractivity contribution < 1.29 is 36.3 Å². The maximum atomic E-state index is 13.3. The molecule has 2 saturated heterocycles. The number of anilines is 1. The molecule has 2 aliphatic rings. The summed E-state index contributed by atoms with van der Waals surface area (Å²) in [5.41, 5.74) is 1.52. The van der Waals surface area contributed by atoms with Gasteiger partial charge in [-0.25, -0.2) is 18.9 Å². The van der Waals surface area contributed by atoms with Crippen LogP contribution in [0.1, 0.15) is 43.4 Å². The van der Waals surface area contributed by atoms with Gasteiger partial charge in [0, 0.05) is 69.7 Å². The van der Waals surface area contributed by atoms with Crippen LogP contribution in [0.3, 0.4) is 0 Å². The van der Waals surface area contributed by atoms with Gasteiger partial charge in [-0.3, -0.25) is 10.0 Å². The van der Waals surface area contributed by atoms with E-state index >= 15 is 0 Å². The summed E-state index contributed by atoms with van der Waals surface area (Å²) in [5, 5.41) is 9.89. The SMILES string of the molecule is Cl.O=C(NO)C1(S(=O)(=O)N2CCN(c3ncc(CCCCCC(F)(F)F)s3)CC2)CCOCC1. The fraction of sp³-hybridized carbons (Fsp3) is 0.789. The van der Waals surface area contributed by atoms with Crippen LogP contribution in [0.2, 0.25) is 0 Å². The zero-order chi connectivity index (χ0) is 24.1. The molecule has 196 valence electrons. The molecule has 0 aromatic carbocycles. The predicted octanol–water partition coefficient (Wildman–Crippen LogP) is 2.74. The highest BCUT2D eigenvalue weighted by Gasteiger charge is 2.54. The van der Waals surface area contributed by atoms with Gasteiger partial charge in [0.05, 0.1) is 0 Å². The van der Waals surface area contributed by atoms with E-state index < -0.39 is 33.3 Å². The Bertz CT molecular complexity index is 902. The number of amides is 1. The topological polar surface area (TPSA) is 112 Å². The van der Waals surface area contributed by atoms with E-state index in [1.807, 2.05) is 4.90 Å². The summed E-state index contributed by atoms with van der Waals surface area (Å²) in [7, 11) is -4.03.